The van der Waals surface area contributed by atoms with Crippen molar-refractivity contribution in [3.63, 3.8) is 0 Å². The van der Waals surface area contributed by atoms with E-state index in [-0.39, 0.29) is 16.9 Å². The first-order chi connectivity index (χ1) is 15.9. The Morgan fingerprint density at radius 2 is 1.70 bits per heavy atom. The lowest BCUT2D eigenvalue weighted by Crippen LogP contribution is -2.29. The van der Waals surface area contributed by atoms with Gasteiger partial charge in [-0.3, -0.25) is 14.5 Å². The summed E-state index contributed by atoms with van der Waals surface area (Å²) in [6, 6.07) is 12.9. The summed E-state index contributed by atoms with van der Waals surface area (Å²) in [5.41, 5.74) is 1.65. The number of carbonyl (C=O) groups is 2. The average molecular weight is 466 g/mol. The van der Waals surface area contributed by atoms with Gasteiger partial charge in [-0.25, -0.2) is 0 Å². The molecule has 33 heavy (non-hydrogen) atoms. The zero-order valence-electron chi connectivity index (χ0n) is 18.6. The molecular weight excluding hydrogens is 442 g/mol. The quantitative estimate of drug-likeness (QED) is 0.322. The van der Waals surface area contributed by atoms with Crippen LogP contribution in [0.1, 0.15) is 22.0 Å². The minimum atomic E-state index is -0.812. The van der Waals surface area contributed by atoms with Gasteiger partial charge in [0, 0.05) is 16.6 Å². The van der Waals surface area contributed by atoms with Crippen LogP contribution in [0.15, 0.2) is 59.5 Å². The van der Waals surface area contributed by atoms with E-state index in [9.17, 15) is 14.7 Å². The van der Waals surface area contributed by atoms with Gasteiger partial charge in [0.25, 0.3) is 11.7 Å². The standard InChI is InChI=1S/C25H23NO6S/c1-14-10-11-33-24(14)21-20(22(27)18-13-17(31-3)8-9-19(18)32-4)23(28)25(29)26(21)15-6-5-7-16(12-15)30-2/h5-13,21,27H,1-4H3/b22-20-. The minimum absolute atomic E-state index is 0.0140. The lowest BCUT2D eigenvalue weighted by Gasteiger charge is -2.25. The van der Waals surface area contributed by atoms with Gasteiger partial charge in [-0.2, -0.15) is 0 Å². The van der Waals surface area contributed by atoms with Gasteiger partial charge in [0.2, 0.25) is 0 Å². The summed E-state index contributed by atoms with van der Waals surface area (Å²) in [5.74, 6) is -0.467. The Bertz CT molecular complexity index is 1260. The van der Waals surface area contributed by atoms with E-state index in [4.69, 9.17) is 14.2 Å². The van der Waals surface area contributed by atoms with Crippen LogP contribution in [0.25, 0.3) is 5.76 Å². The number of ketones is 1. The van der Waals surface area contributed by atoms with E-state index in [1.54, 1.807) is 42.5 Å². The van der Waals surface area contributed by atoms with Crippen LogP contribution in [0.4, 0.5) is 5.69 Å². The first kappa shape index (κ1) is 22.4. The summed E-state index contributed by atoms with van der Waals surface area (Å²) in [6.07, 6.45) is 0. The molecule has 1 fully saturated rings. The lowest BCUT2D eigenvalue weighted by atomic mass is 9.97. The van der Waals surface area contributed by atoms with Crippen molar-refractivity contribution in [2.75, 3.05) is 26.2 Å². The summed E-state index contributed by atoms with van der Waals surface area (Å²) in [5, 5.41) is 13.3. The van der Waals surface area contributed by atoms with E-state index in [1.807, 2.05) is 18.4 Å². The number of thiophene rings is 1. The number of aryl methyl sites for hydroxylation is 1. The van der Waals surface area contributed by atoms with Crippen LogP contribution >= 0.6 is 11.3 Å². The fourth-order valence-electron chi connectivity index (χ4n) is 3.92. The van der Waals surface area contributed by atoms with Crippen molar-refractivity contribution in [2.45, 2.75) is 13.0 Å². The number of Topliss-reactive ketones (excluding diaryl/α,β-unsaturated/α-hetero) is 1. The smallest absolute Gasteiger partial charge is 0.300 e. The lowest BCUT2D eigenvalue weighted by molar-refractivity contribution is -0.132. The van der Waals surface area contributed by atoms with Crippen LogP contribution < -0.4 is 19.1 Å². The molecule has 8 heteroatoms. The molecule has 1 aromatic heterocycles. The molecule has 0 spiro atoms. The van der Waals surface area contributed by atoms with Crippen molar-refractivity contribution >= 4 is 34.5 Å². The Kier molecular flexibility index (Phi) is 6.11. The number of aliphatic hydroxyl groups is 1. The second-order valence-electron chi connectivity index (χ2n) is 7.40. The molecule has 2 aromatic carbocycles. The predicted octanol–water partition coefficient (Wildman–Crippen LogP) is 4.71. The molecule has 4 rings (SSSR count). The number of anilines is 1. The number of amides is 1. The SMILES string of the molecule is COc1cccc(N2C(=O)C(=O)/C(=C(\O)c3cc(OC)ccc3OC)C2c2sccc2C)c1. The largest absolute Gasteiger partial charge is 0.507 e. The Morgan fingerprint density at radius 1 is 0.970 bits per heavy atom. The maximum Gasteiger partial charge on any atom is 0.300 e. The van der Waals surface area contributed by atoms with Crippen molar-refractivity contribution < 1.29 is 28.9 Å². The molecule has 0 aliphatic carbocycles. The van der Waals surface area contributed by atoms with E-state index in [2.05, 4.69) is 0 Å². The van der Waals surface area contributed by atoms with Crippen LogP contribution in [-0.4, -0.2) is 38.1 Å². The Morgan fingerprint density at radius 3 is 2.33 bits per heavy atom. The molecule has 2 heterocycles. The van der Waals surface area contributed by atoms with Gasteiger partial charge in [-0.15, -0.1) is 11.3 Å². The van der Waals surface area contributed by atoms with Gasteiger partial charge in [-0.05, 0) is 54.3 Å². The summed E-state index contributed by atoms with van der Waals surface area (Å²) in [6.45, 7) is 1.91. The first-order valence-corrected chi connectivity index (χ1v) is 11.0. The van der Waals surface area contributed by atoms with E-state index in [0.29, 0.717) is 22.9 Å². The molecule has 3 aromatic rings. The molecular formula is C25H23NO6S. The van der Waals surface area contributed by atoms with Crippen molar-refractivity contribution in [3.8, 4) is 17.2 Å². The third-order valence-corrected chi connectivity index (χ3v) is 6.66. The van der Waals surface area contributed by atoms with Crippen molar-refractivity contribution in [2.24, 2.45) is 0 Å². The number of rotatable bonds is 6. The number of ether oxygens (including phenoxy) is 3. The second-order valence-corrected chi connectivity index (χ2v) is 8.35. The number of nitrogens with zero attached hydrogens (tertiary/aromatic N) is 1. The van der Waals surface area contributed by atoms with Gasteiger partial charge in [0.15, 0.2) is 0 Å². The third kappa shape index (κ3) is 3.82. The van der Waals surface area contributed by atoms with Gasteiger partial charge in [0.1, 0.15) is 29.0 Å². The summed E-state index contributed by atoms with van der Waals surface area (Å²) in [4.78, 5) is 28.8. The van der Waals surface area contributed by atoms with Gasteiger partial charge in [0.05, 0.1) is 32.5 Å². The molecule has 1 N–H and O–H groups in total. The number of hydrogen-bond acceptors (Lipinski definition) is 7. The van der Waals surface area contributed by atoms with Crippen molar-refractivity contribution in [1.82, 2.24) is 0 Å². The fourth-order valence-corrected chi connectivity index (χ4v) is 4.94. The third-order valence-electron chi connectivity index (χ3n) is 5.59. The van der Waals surface area contributed by atoms with Crippen LogP contribution in [-0.2, 0) is 9.59 Å². The van der Waals surface area contributed by atoms with Crippen LogP contribution in [0.2, 0.25) is 0 Å². The summed E-state index contributed by atoms with van der Waals surface area (Å²) in [7, 11) is 4.50. The highest BCUT2D eigenvalue weighted by Gasteiger charge is 2.48. The normalized spacial score (nSPS) is 17.3. The number of hydrogen-bond donors (Lipinski definition) is 1. The maximum atomic E-state index is 13.3. The molecule has 1 aliphatic heterocycles. The van der Waals surface area contributed by atoms with Crippen LogP contribution in [0, 0.1) is 6.92 Å². The molecule has 0 radical (unpaired) electrons. The molecule has 0 saturated carbocycles. The molecule has 1 aliphatic rings. The highest BCUT2D eigenvalue weighted by Crippen LogP contribution is 2.46. The van der Waals surface area contributed by atoms with Crippen molar-refractivity contribution in [1.29, 1.82) is 0 Å². The summed E-state index contributed by atoms with van der Waals surface area (Å²) < 4.78 is 16.0. The zero-order valence-corrected chi connectivity index (χ0v) is 19.4. The Labute approximate surface area is 195 Å². The highest BCUT2D eigenvalue weighted by molar-refractivity contribution is 7.10. The Hall–Kier alpha value is -3.78. The molecule has 170 valence electrons. The van der Waals surface area contributed by atoms with E-state index < -0.39 is 17.7 Å². The molecule has 1 saturated heterocycles. The molecule has 0 bridgehead atoms. The maximum absolute atomic E-state index is 13.3. The predicted molar refractivity (Wildman–Crippen MR) is 126 cm³/mol. The zero-order chi connectivity index (χ0) is 23.7. The monoisotopic (exact) mass is 465 g/mol. The number of aliphatic hydroxyl groups excluding tert-OH is 1. The van der Waals surface area contributed by atoms with Gasteiger partial charge >= 0.3 is 0 Å². The molecule has 1 atom stereocenters. The molecule has 1 unspecified atom stereocenters. The number of benzene rings is 2. The minimum Gasteiger partial charge on any atom is -0.507 e. The van der Waals surface area contributed by atoms with E-state index >= 15 is 0 Å². The van der Waals surface area contributed by atoms with Gasteiger partial charge in [-0.1, -0.05) is 6.07 Å². The average Bonchev–Trinajstić information content (AvgIpc) is 3.38. The van der Waals surface area contributed by atoms with E-state index in [1.165, 1.54) is 37.6 Å². The highest BCUT2D eigenvalue weighted by atomic mass is 32.1. The number of methoxy groups -OCH3 is 3. The Balaban J connectivity index is 1.98. The second kappa shape index (κ2) is 8.99. The summed E-state index contributed by atoms with van der Waals surface area (Å²) >= 11 is 1.41. The van der Waals surface area contributed by atoms with Crippen LogP contribution in [0.5, 0.6) is 17.2 Å². The van der Waals surface area contributed by atoms with E-state index in [0.717, 1.165) is 10.4 Å². The fraction of sp³-hybridized carbons (Fsp3) is 0.200. The molecule has 1 amide bonds. The first-order valence-electron chi connectivity index (χ1n) is 10.1. The van der Waals surface area contributed by atoms with Gasteiger partial charge < -0.3 is 19.3 Å². The number of carbonyl (C=O) groups excluding carboxylic acids is 2. The van der Waals surface area contributed by atoms with Crippen molar-refractivity contribution in [3.05, 3.63) is 75.5 Å². The molecule has 7 nitrogen and oxygen atoms in total. The van der Waals surface area contributed by atoms with Crippen LogP contribution in [0.3, 0.4) is 0 Å². The topological polar surface area (TPSA) is 85.3 Å².